The molecule has 0 radical (unpaired) electrons. The lowest BCUT2D eigenvalue weighted by Crippen LogP contribution is -2.53. The Hall–Kier alpha value is -0.610. The summed E-state index contributed by atoms with van der Waals surface area (Å²) in [4.78, 5) is 14.6. The van der Waals surface area contributed by atoms with E-state index in [9.17, 15) is 4.79 Å². The number of carbonyl (C=O) groups excluding carboxylic acids is 1. The molecular formula is C13H22N2O2. The van der Waals surface area contributed by atoms with Crippen LogP contribution in [0.25, 0.3) is 0 Å². The topological polar surface area (TPSA) is 55.6 Å². The fourth-order valence-corrected chi connectivity index (χ4v) is 3.61. The minimum atomic E-state index is -0.171. The summed E-state index contributed by atoms with van der Waals surface area (Å²) in [5.74, 6) is 1.40. The van der Waals surface area contributed by atoms with Gasteiger partial charge in [0.05, 0.1) is 12.0 Å². The number of hydrogen-bond donors (Lipinski definition) is 1. The standard InChI is InChI=1S/C13H22N2O2/c1-17-8-13(4-5-13)12(16)15-6-9-2-3-10(7-15)11(9)14/h9-11H,2-8,14H2,1H3/t9-,10+,11?. The lowest BCUT2D eigenvalue weighted by Gasteiger charge is -2.38. The lowest BCUT2D eigenvalue weighted by atomic mass is 9.91. The predicted octanol–water partition coefficient (Wildman–Crippen LogP) is 0.609. The monoisotopic (exact) mass is 238 g/mol. The maximum Gasteiger partial charge on any atom is 0.231 e. The van der Waals surface area contributed by atoms with Gasteiger partial charge in [0.2, 0.25) is 5.91 Å². The fraction of sp³-hybridized carbons (Fsp3) is 0.923. The molecule has 3 atom stereocenters. The Morgan fingerprint density at radius 2 is 1.94 bits per heavy atom. The number of rotatable bonds is 3. The molecule has 1 unspecified atom stereocenters. The minimum absolute atomic E-state index is 0.171. The predicted molar refractivity (Wildman–Crippen MR) is 64.3 cm³/mol. The van der Waals surface area contributed by atoms with E-state index in [1.165, 1.54) is 12.8 Å². The molecule has 2 bridgehead atoms. The average molecular weight is 238 g/mol. The third kappa shape index (κ3) is 1.78. The van der Waals surface area contributed by atoms with E-state index in [1.807, 2.05) is 0 Å². The molecule has 0 aromatic rings. The molecule has 0 aromatic heterocycles. The maximum atomic E-state index is 12.5. The van der Waals surface area contributed by atoms with Crippen LogP contribution in [0, 0.1) is 17.3 Å². The molecular weight excluding hydrogens is 216 g/mol. The highest BCUT2D eigenvalue weighted by Crippen LogP contribution is 2.48. The van der Waals surface area contributed by atoms with Crippen LogP contribution in [0.15, 0.2) is 0 Å². The van der Waals surface area contributed by atoms with Gasteiger partial charge in [0.25, 0.3) is 0 Å². The van der Waals surface area contributed by atoms with Crippen molar-refractivity contribution in [1.29, 1.82) is 0 Å². The van der Waals surface area contributed by atoms with E-state index < -0.39 is 0 Å². The van der Waals surface area contributed by atoms with Gasteiger partial charge in [0, 0.05) is 26.2 Å². The van der Waals surface area contributed by atoms with Gasteiger partial charge >= 0.3 is 0 Å². The van der Waals surface area contributed by atoms with E-state index in [2.05, 4.69) is 4.90 Å². The van der Waals surface area contributed by atoms with Gasteiger partial charge < -0.3 is 15.4 Å². The van der Waals surface area contributed by atoms with Crippen LogP contribution < -0.4 is 5.73 Å². The number of piperidine rings is 1. The first-order chi connectivity index (χ1) is 8.16. The van der Waals surface area contributed by atoms with Crippen LogP contribution in [0.5, 0.6) is 0 Å². The number of methoxy groups -OCH3 is 1. The Labute approximate surface area is 102 Å². The van der Waals surface area contributed by atoms with E-state index in [0.717, 1.165) is 25.9 Å². The first-order valence-electron chi connectivity index (χ1n) is 6.70. The first kappa shape index (κ1) is 11.5. The van der Waals surface area contributed by atoms with Crippen LogP contribution in [0.1, 0.15) is 25.7 Å². The number of amides is 1. The first-order valence-corrected chi connectivity index (χ1v) is 6.70. The maximum absolute atomic E-state index is 12.5. The summed E-state index contributed by atoms with van der Waals surface area (Å²) < 4.78 is 5.20. The highest BCUT2D eigenvalue weighted by Gasteiger charge is 2.53. The quantitative estimate of drug-likeness (QED) is 0.783. The van der Waals surface area contributed by atoms with Gasteiger partial charge in [-0.25, -0.2) is 0 Å². The van der Waals surface area contributed by atoms with E-state index in [1.54, 1.807) is 7.11 Å². The van der Waals surface area contributed by atoms with Crippen molar-refractivity contribution in [2.45, 2.75) is 31.7 Å². The van der Waals surface area contributed by atoms with Gasteiger partial charge in [-0.2, -0.15) is 0 Å². The Kier molecular flexibility index (Phi) is 2.67. The summed E-state index contributed by atoms with van der Waals surface area (Å²) in [6, 6.07) is 0.330. The van der Waals surface area contributed by atoms with Gasteiger partial charge in [-0.1, -0.05) is 0 Å². The molecule has 1 amide bonds. The van der Waals surface area contributed by atoms with E-state index in [4.69, 9.17) is 10.5 Å². The van der Waals surface area contributed by atoms with Gasteiger partial charge in [0.15, 0.2) is 0 Å². The summed E-state index contributed by atoms with van der Waals surface area (Å²) in [7, 11) is 1.68. The number of ether oxygens (including phenoxy) is 1. The zero-order valence-corrected chi connectivity index (χ0v) is 10.5. The van der Waals surface area contributed by atoms with Crippen molar-refractivity contribution in [3.8, 4) is 0 Å². The van der Waals surface area contributed by atoms with Gasteiger partial charge in [-0.3, -0.25) is 4.79 Å². The Morgan fingerprint density at radius 3 is 2.41 bits per heavy atom. The molecule has 0 spiro atoms. The molecule has 1 saturated heterocycles. The molecule has 0 aromatic carbocycles. The number of likely N-dealkylation sites (tertiary alicyclic amines) is 1. The molecule has 2 N–H and O–H groups in total. The van der Waals surface area contributed by atoms with Crippen LogP contribution in [-0.4, -0.2) is 43.7 Å². The van der Waals surface area contributed by atoms with Gasteiger partial charge in [0.1, 0.15) is 0 Å². The van der Waals surface area contributed by atoms with Crippen LogP contribution >= 0.6 is 0 Å². The zero-order valence-electron chi connectivity index (χ0n) is 10.5. The van der Waals surface area contributed by atoms with E-state index in [0.29, 0.717) is 30.4 Å². The van der Waals surface area contributed by atoms with Crippen molar-refractivity contribution < 1.29 is 9.53 Å². The van der Waals surface area contributed by atoms with E-state index in [-0.39, 0.29) is 5.41 Å². The molecule has 4 heteroatoms. The molecule has 4 nitrogen and oxygen atoms in total. The van der Waals surface area contributed by atoms with Crippen molar-refractivity contribution in [2.75, 3.05) is 26.8 Å². The number of hydrogen-bond acceptors (Lipinski definition) is 3. The van der Waals surface area contributed by atoms with Crippen molar-refractivity contribution in [3.05, 3.63) is 0 Å². The van der Waals surface area contributed by atoms with Crippen LogP contribution in [0.4, 0.5) is 0 Å². The lowest BCUT2D eigenvalue weighted by molar-refractivity contribution is -0.141. The summed E-state index contributed by atoms with van der Waals surface area (Å²) in [5.41, 5.74) is 6.00. The number of nitrogens with zero attached hydrogens (tertiary/aromatic N) is 1. The molecule has 3 rings (SSSR count). The third-order valence-corrected chi connectivity index (χ3v) is 4.92. The SMILES string of the molecule is COCC1(C(=O)N2C[C@H]3CC[C@@H](C2)C3N)CC1. The normalized spacial score (nSPS) is 38.2. The summed E-state index contributed by atoms with van der Waals surface area (Å²) >= 11 is 0. The smallest absolute Gasteiger partial charge is 0.231 e. The third-order valence-electron chi connectivity index (χ3n) is 4.92. The van der Waals surface area contributed by atoms with Crippen molar-refractivity contribution in [3.63, 3.8) is 0 Å². The molecule has 17 heavy (non-hydrogen) atoms. The average Bonchev–Trinajstić information content (AvgIpc) is 3.06. The van der Waals surface area contributed by atoms with Crippen LogP contribution in [-0.2, 0) is 9.53 Å². The highest BCUT2D eigenvalue weighted by molar-refractivity contribution is 5.85. The second kappa shape index (κ2) is 3.95. The molecule has 3 fully saturated rings. The molecule has 2 aliphatic carbocycles. The second-order valence-electron chi connectivity index (χ2n) is 6.10. The Balaban J connectivity index is 1.68. The van der Waals surface area contributed by atoms with Gasteiger partial charge in [-0.05, 0) is 37.5 Å². The fourth-order valence-electron chi connectivity index (χ4n) is 3.61. The van der Waals surface area contributed by atoms with Crippen molar-refractivity contribution in [2.24, 2.45) is 23.0 Å². The summed E-state index contributed by atoms with van der Waals surface area (Å²) in [5, 5.41) is 0. The van der Waals surface area contributed by atoms with Crippen molar-refractivity contribution in [1.82, 2.24) is 4.90 Å². The highest BCUT2D eigenvalue weighted by atomic mass is 16.5. The zero-order chi connectivity index (χ0) is 12.0. The van der Waals surface area contributed by atoms with Crippen molar-refractivity contribution >= 4 is 5.91 Å². The molecule has 2 saturated carbocycles. The minimum Gasteiger partial charge on any atom is -0.384 e. The Bertz CT molecular complexity index is 313. The summed E-state index contributed by atoms with van der Waals surface area (Å²) in [6.45, 7) is 2.34. The van der Waals surface area contributed by atoms with Crippen LogP contribution in [0.2, 0.25) is 0 Å². The largest absolute Gasteiger partial charge is 0.384 e. The molecule has 3 aliphatic rings. The summed E-state index contributed by atoms with van der Waals surface area (Å²) in [6.07, 6.45) is 4.40. The second-order valence-corrected chi connectivity index (χ2v) is 6.10. The molecule has 1 heterocycles. The Morgan fingerprint density at radius 1 is 1.35 bits per heavy atom. The van der Waals surface area contributed by atoms with Crippen LogP contribution in [0.3, 0.4) is 0 Å². The molecule has 1 aliphatic heterocycles. The molecule has 96 valence electrons. The number of nitrogens with two attached hydrogens (primary N) is 1. The van der Waals surface area contributed by atoms with Gasteiger partial charge in [-0.15, -0.1) is 0 Å². The van der Waals surface area contributed by atoms with E-state index >= 15 is 0 Å². The number of carbonyl (C=O) groups is 1. The number of fused-ring (bicyclic) bond motifs is 2.